The van der Waals surface area contributed by atoms with Gasteiger partial charge in [-0.25, -0.2) is 0 Å². The lowest BCUT2D eigenvalue weighted by atomic mass is 9.97. The van der Waals surface area contributed by atoms with Crippen molar-refractivity contribution in [2.75, 3.05) is 26.7 Å². The van der Waals surface area contributed by atoms with Gasteiger partial charge in [0.05, 0.1) is 6.04 Å². The molecule has 0 rings (SSSR count). The Labute approximate surface area is 160 Å². The number of carbonyl (C=O) groups excluding carboxylic acids is 1. The molecule has 4 N–H and O–H groups in total. The lowest BCUT2D eigenvalue weighted by Crippen LogP contribution is -2.38. The molecule has 0 aliphatic carbocycles. The van der Waals surface area contributed by atoms with E-state index in [0.717, 1.165) is 49.3 Å². The lowest BCUT2D eigenvalue weighted by molar-refractivity contribution is -0.125. The van der Waals surface area contributed by atoms with Gasteiger partial charge in [-0.2, -0.15) is 0 Å². The number of rotatable bonds is 15. The van der Waals surface area contributed by atoms with Crippen LogP contribution < -0.4 is 21.3 Å². The molecule has 0 aromatic carbocycles. The van der Waals surface area contributed by atoms with Gasteiger partial charge in [0.15, 0.2) is 0 Å². The highest BCUT2D eigenvalue weighted by atomic mass is 16.1. The van der Waals surface area contributed by atoms with Gasteiger partial charge in [-0.1, -0.05) is 46.1 Å². The van der Waals surface area contributed by atoms with E-state index in [0.29, 0.717) is 12.5 Å². The summed E-state index contributed by atoms with van der Waals surface area (Å²) in [7, 11) is 1.94. The Hall–Kier alpha value is -1.75. The van der Waals surface area contributed by atoms with Crippen LogP contribution in [0.5, 0.6) is 0 Å². The van der Waals surface area contributed by atoms with Gasteiger partial charge < -0.3 is 21.3 Å². The SMILES string of the molecule is C=C(C)CNC(=C)C(CCNC)NC(=C)CCCNC(=O)C(C)C(C)C. The van der Waals surface area contributed by atoms with Crippen LogP contribution in [0.15, 0.2) is 36.7 Å². The molecule has 26 heavy (non-hydrogen) atoms. The van der Waals surface area contributed by atoms with Crippen molar-refractivity contribution in [2.24, 2.45) is 11.8 Å². The molecule has 0 fully saturated rings. The van der Waals surface area contributed by atoms with Gasteiger partial charge in [-0.15, -0.1) is 0 Å². The predicted molar refractivity (Wildman–Crippen MR) is 113 cm³/mol. The van der Waals surface area contributed by atoms with Gasteiger partial charge in [0.2, 0.25) is 5.91 Å². The third kappa shape index (κ3) is 11.0. The number of nitrogens with one attached hydrogen (secondary N) is 4. The fourth-order valence-electron chi connectivity index (χ4n) is 2.31. The van der Waals surface area contributed by atoms with Crippen molar-refractivity contribution >= 4 is 5.91 Å². The van der Waals surface area contributed by atoms with Crippen LogP contribution in [-0.4, -0.2) is 38.6 Å². The summed E-state index contributed by atoms with van der Waals surface area (Å²) in [5.74, 6) is 0.532. The molecule has 5 heteroatoms. The van der Waals surface area contributed by atoms with Crippen molar-refractivity contribution in [3.63, 3.8) is 0 Å². The van der Waals surface area contributed by atoms with Gasteiger partial charge in [0.1, 0.15) is 0 Å². The Morgan fingerprint density at radius 3 is 2.23 bits per heavy atom. The van der Waals surface area contributed by atoms with E-state index in [9.17, 15) is 4.79 Å². The summed E-state index contributed by atoms with van der Waals surface area (Å²) < 4.78 is 0. The van der Waals surface area contributed by atoms with E-state index in [-0.39, 0.29) is 17.9 Å². The van der Waals surface area contributed by atoms with E-state index in [1.165, 1.54) is 0 Å². The van der Waals surface area contributed by atoms with Crippen LogP contribution in [0.25, 0.3) is 0 Å². The zero-order chi connectivity index (χ0) is 20.1. The molecule has 0 aromatic heterocycles. The topological polar surface area (TPSA) is 65.2 Å². The maximum atomic E-state index is 12.0. The second kappa shape index (κ2) is 13.5. The quantitative estimate of drug-likeness (QED) is 0.266. The zero-order valence-electron chi connectivity index (χ0n) is 17.5. The summed E-state index contributed by atoms with van der Waals surface area (Å²) in [6, 6.07) is 0.116. The first-order valence-corrected chi connectivity index (χ1v) is 9.62. The molecular formula is C21H40N4O. The molecule has 1 amide bonds. The second-order valence-electron chi connectivity index (χ2n) is 7.46. The molecule has 0 aliphatic heterocycles. The van der Waals surface area contributed by atoms with Gasteiger partial charge in [-0.05, 0) is 45.7 Å². The molecule has 0 saturated heterocycles. The first kappa shape index (κ1) is 24.2. The highest BCUT2D eigenvalue weighted by molar-refractivity contribution is 5.78. The zero-order valence-corrected chi connectivity index (χ0v) is 17.5. The van der Waals surface area contributed by atoms with E-state index >= 15 is 0 Å². The number of amides is 1. The van der Waals surface area contributed by atoms with Gasteiger partial charge in [0.25, 0.3) is 0 Å². The summed E-state index contributed by atoms with van der Waals surface area (Å²) in [6.45, 7) is 22.6. The van der Waals surface area contributed by atoms with E-state index in [4.69, 9.17) is 0 Å². The fourth-order valence-corrected chi connectivity index (χ4v) is 2.31. The monoisotopic (exact) mass is 364 g/mol. The van der Waals surface area contributed by atoms with Crippen LogP contribution in [0.3, 0.4) is 0 Å². The first-order valence-electron chi connectivity index (χ1n) is 9.62. The van der Waals surface area contributed by atoms with E-state index in [1.54, 1.807) is 0 Å². The highest BCUT2D eigenvalue weighted by Crippen LogP contribution is 2.10. The largest absolute Gasteiger partial charge is 0.383 e. The number of carbonyl (C=O) groups is 1. The maximum absolute atomic E-state index is 12.0. The normalized spacial score (nSPS) is 13.0. The lowest BCUT2D eigenvalue weighted by Gasteiger charge is -2.25. The number of allylic oxidation sites excluding steroid dienone is 1. The number of hydrogen-bond acceptors (Lipinski definition) is 4. The highest BCUT2D eigenvalue weighted by Gasteiger charge is 2.16. The van der Waals surface area contributed by atoms with Gasteiger partial charge in [-0.3, -0.25) is 4.79 Å². The van der Waals surface area contributed by atoms with Crippen molar-refractivity contribution in [3.8, 4) is 0 Å². The van der Waals surface area contributed by atoms with Gasteiger partial charge >= 0.3 is 0 Å². The molecule has 2 atom stereocenters. The number of hydrogen-bond donors (Lipinski definition) is 4. The minimum Gasteiger partial charge on any atom is -0.383 e. The third-order valence-corrected chi connectivity index (χ3v) is 4.47. The van der Waals surface area contributed by atoms with Crippen molar-refractivity contribution in [3.05, 3.63) is 36.7 Å². The predicted octanol–water partition coefficient (Wildman–Crippen LogP) is 2.94. The fraction of sp³-hybridized carbons (Fsp3) is 0.667. The molecule has 0 radical (unpaired) electrons. The Morgan fingerprint density at radius 2 is 1.69 bits per heavy atom. The molecule has 2 unspecified atom stereocenters. The second-order valence-corrected chi connectivity index (χ2v) is 7.46. The Bertz CT molecular complexity index is 471. The molecule has 0 heterocycles. The Kier molecular flexibility index (Phi) is 12.5. The minimum atomic E-state index is 0.0463. The van der Waals surface area contributed by atoms with Crippen molar-refractivity contribution in [1.82, 2.24) is 21.3 Å². The Morgan fingerprint density at radius 1 is 1.04 bits per heavy atom. The summed E-state index contributed by atoms with van der Waals surface area (Å²) in [4.78, 5) is 12.0. The first-order chi connectivity index (χ1) is 12.2. The van der Waals surface area contributed by atoms with Crippen LogP contribution in [0.2, 0.25) is 0 Å². The van der Waals surface area contributed by atoms with E-state index < -0.39 is 0 Å². The van der Waals surface area contributed by atoms with Crippen LogP contribution in [0.4, 0.5) is 0 Å². The van der Waals surface area contributed by atoms with Crippen LogP contribution in [0.1, 0.15) is 47.0 Å². The maximum Gasteiger partial charge on any atom is 0.223 e. The molecule has 0 bridgehead atoms. The molecule has 0 aliphatic rings. The van der Waals surface area contributed by atoms with Gasteiger partial charge in [0, 0.05) is 30.4 Å². The summed E-state index contributed by atoms with van der Waals surface area (Å²) >= 11 is 0. The molecule has 150 valence electrons. The average molecular weight is 365 g/mol. The average Bonchev–Trinajstić information content (AvgIpc) is 2.58. The summed E-state index contributed by atoms with van der Waals surface area (Å²) in [6.07, 6.45) is 2.60. The molecular weight excluding hydrogens is 324 g/mol. The van der Waals surface area contributed by atoms with E-state index in [2.05, 4.69) is 54.9 Å². The van der Waals surface area contributed by atoms with E-state index in [1.807, 2.05) is 20.9 Å². The van der Waals surface area contributed by atoms with Crippen molar-refractivity contribution in [2.45, 2.75) is 53.0 Å². The summed E-state index contributed by atoms with van der Waals surface area (Å²) in [5, 5.41) is 13.0. The van der Waals surface area contributed by atoms with Crippen LogP contribution in [0, 0.1) is 11.8 Å². The summed E-state index contributed by atoms with van der Waals surface area (Å²) in [5.41, 5.74) is 2.99. The van der Waals surface area contributed by atoms with Crippen LogP contribution in [-0.2, 0) is 4.79 Å². The van der Waals surface area contributed by atoms with Crippen LogP contribution >= 0.6 is 0 Å². The molecule has 0 spiro atoms. The standard InChI is InChI=1S/C21H40N4O/c1-15(2)14-24-19(7)20(11-13-22-8)25-17(5)10-9-12-23-21(26)18(6)16(3)4/h16,18,20,22,24-25H,1,5,7,9-14H2,2-4,6,8H3,(H,23,26). The van der Waals surface area contributed by atoms with Crippen molar-refractivity contribution in [1.29, 1.82) is 0 Å². The smallest absolute Gasteiger partial charge is 0.223 e. The molecule has 0 saturated carbocycles. The molecule has 0 aromatic rings. The third-order valence-electron chi connectivity index (χ3n) is 4.47. The van der Waals surface area contributed by atoms with Crippen molar-refractivity contribution < 1.29 is 4.79 Å². The Balaban J connectivity index is 4.29. The minimum absolute atomic E-state index is 0.0463. The molecule has 5 nitrogen and oxygen atoms in total.